The monoisotopic (exact) mass is 235 g/mol. The van der Waals surface area contributed by atoms with Crippen LogP contribution in [0.5, 0.6) is 0 Å². The summed E-state index contributed by atoms with van der Waals surface area (Å²) in [4.78, 5) is 21.7. The van der Waals surface area contributed by atoms with E-state index in [1.54, 1.807) is 18.3 Å². The molecule has 0 saturated heterocycles. The minimum atomic E-state index is -0.209. The number of aromatic amines is 1. The van der Waals surface area contributed by atoms with Gasteiger partial charge in [-0.2, -0.15) is 0 Å². The second-order valence-electron chi connectivity index (χ2n) is 2.97. The first kappa shape index (κ1) is 10.8. The highest BCUT2D eigenvalue weighted by Gasteiger charge is 2.05. The summed E-state index contributed by atoms with van der Waals surface area (Å²) in [6.07, 6.45) is 3.06. The summed E-state index contributed by atoms with van der Waals surface area (Å²) in [5.41, 5.74) is 0.498. The van der Waals surface area contributed by atoms with Gasteiger partial charge in [0.25, 0.3) is 5.56 Å². The van der Waals surface area contributed by atoms with Gasteiger partial charge >= 0.3 is 0 Å². The van der Waals surface area contributed by atoms with Crippen LogP contribution in [-0.4, -0.2) is 20.1 Å². The highest BCUT2D eigenvalue weighted by Crippen LogP contribution is 2.24. The van der Waals surface area contributed by atoms with Crippen molar-refractivity contribution in [1.29, 1.82) is 0 Å². The Labute approximate surface area is 95.6 Å². The predicted octanol–water partition coefficient (Wildman–Crippen LogP) is 0.808. The molecule has 82 valence electrons. The summed E-state index contributed by atoms with van der Waals surface area (Å²) >= 11 is 1.22. The van der Waals surface area contributed by atoms with E-state index in [1.807, 2.05) is 0 Å². The van der Waals surface area contributed by atoms with E-state index in [0.29, 0.717) is 15.7 Å². The second-order valence-corrected chi connectivity index (χ2v) is 3.94. The Morgan fingerprint density at radius 2 is 2.19 bits per heavy atom. The van der Waals surface area contributed by atoms with Gasteiger partial charge in [-0.15, -0.1) is 0 Å². The molecule has 2 aromatic heterocycles. The maximum atomic E-state index is 11.1. The normalized spacial score (nSPS) is 10.3. The molecule has 0 amide bonds. The lowest BCUT2D eigenvalue weighted by Gasteiger charge is -2.03. The summed E-state index contributed by atoms with van der Waals surface area (Å²) in [6.45, 7) is -0.0900. The number of pyridine rings is 1. The first-order valence-corrected chi connectivity index (χ1v) is 5.39. The second kappa shape index (κ2) is 4.91. The van der Waals surface area contributed by atoms with Crippen LogP contribution in [0.15, 0.2) is 45.6 Å². The van der Waals surface area contributed by atoms with Gasteiger partial charge < -0.3 is 10.1 Å². The van der Waals surface area contributed by atoms with Gasteiger partial charge in [-0.1, -0.05) is 6.07 Å². The van der Waals surface area contributed by atoms with Crippen LogP contribution in [0.3, 0.4) is 0 Å². The molecule has 5 nitrogen and oxygen atoms in total. The van der Waals surface area contributed by atoms with Crippen LogP contribution in [0.1, 0.15) is 5.56 Å². The van der Waals surface area contributed by atoms with Crippen molar-refractivity contribution in [3.8, 4) is 0 Å². The molecule has 0 fully saturated rings. The Bertz CT molecular complexity index is 541. The third-order valence-corrected chi connectivity index (χ3v) is 2.82. The van der Waals surface area contributed by atoms with Crippen molar-refractivity contribution >= 4 is 11.8 Å². The predicted molar refractivity (Wildman–Crippen MR) is 59.1 cm³/mol. The fraction of sp³-hybridized carbons (Fsp3) is 0.100. The van der Waals surface area contributed by atoms with Crippen LogP contribution in [0.4, 0.5) is 0 Å². The van der Waals surface area contributed by atoms with Gasteiger partial charge in [-0.25, -0.2) is 9.97 Å². The van der Waals surface area contributed by atoms with E-state index in [9.17, 15) is 4.79 Å². The molecular formula is C10H9N3O2S. The van der Waals surface area contributed by atoms with Crippen LogP contribution in [0, 0.1) is 0 Å². The minimum Gasteiger partial charge on any atom is -0.392 e. The number of rotatable bonds is 3. The largest absolute Gasteiger partial charge is 0.392 e. The van der Waals surface area contributed by atoms with Gasteiger partial charge in [0.05, 0.1) is 6.61 Å². The van der Waals surface area contributed by atoms with Crippen LogP contribution >= 0.6 is 11.8 Å². The number of aliphatic hydroxyl groups is 1. The standard InChI is InChI=1S/C10H9N3O2S/c14-6-7-2-1-4-11-9(7)16-10-12-5-3-8(15)13-10/h1-5,14H,6H2,(H,12,13,15). The molecule has 0 aliphatic rings. The van der Waals surface area contributed by atoms with Gasteiger partial charge in [0.2, 0.25) is 0 Å². The summed E-state index contributed by atoms with van der Waals surface area (Å²) in [7, 11) is 0. The third kappa shape index (κ3) is 2.47. The van der Waals surface area contributed by atoms with Crippen molar-refractivity contribution in [2.45, 2.75) is 16.8 Å². The van der Waals surface area contributed by atoms with E-state index in [0.717, 1.165) is 0 Å². The summed E-state index contributed by atoms with van der Waals surface area (Å²) < 4.78 is 0. The number of H-pyrrole nitrogens is 1. The number of hydrogen-bond acceptors (Lipinski definition) is 5. The zero-order valence-corrected chi connectivity index (χ0v) is 9.07. The fourth-order valence-corrected chi connectivity index (χ4v) is 1.96. The Morgan fingerprint density at radius 3 is 2.94 bits per heavy atom. The lowest BCUT2D eigenvalue weighted by Crippen LogP contribution is -2.05. The van der Waals surface area contributed by atoms with Crippen LogP contribution in [0.2, 0.25) is 0 Å². The molecule has 6 heteroatoms. The van der Waals surface area contributed by atoms with E-state index >= 15 is 0 Å². The van der Waals surface area contributed by atoms with E-state index < -0.39 is 0 Å². The van der Waals surface area contributed by atoms with E-state index in [1.165, 1.54) is 24.0 Å². The van der Waals surface area contributed by atoms with Crippen LogP contribution in [-0.2, 0) is 6.61 Å². The van der Waals surface area contributed by atoms with Crippen LogP contribution < -0.4 is 5.56 Å². The topological polar surface area (TPSA) is 78.9 Å². The summed E-state index contributed by atoms with van der Waals surface area (Å²) in [6, 6.07) is 4.86. The molecule has 0 aromatic carbocycles. The lowest BCUT2D eigenvalue weighted by atomic mass is 10.3. The average Bonchev–Trinajstić information content (AvgIpc) is 2.30. The van der Waals surface area contributed by atoms with Crippen molar-refractivity contribution in [1.82, 2.24) is 15.0 Å². The van der Waals surface area contributed by atoms with Gasteiger partial charge in [-0.3, -0.25) is 4.79 Å². The molecule has 2 heterocycles. The highest BCUT2D eigenvalue weighted by atomic mass is 32.2. The molecule has 16 heavy (non-hydrogen) atoms. The maximum Gasteiger partial charge on any atom is 0.251 e. The van der Waals surface area contributed by atoms with Crippen molar-refractivity contribution in [2.24, 2.45) is 0 Å². The third-order valence-electron chi connectivity index (χ3n) is 1.86. The van der Waals surface area contributed by atoms with Crippen molar-refractivity contribution < 1.29 is 5.11 Å². The molecule has 0 atom stereocenters. The van der Waals surface area contributed by atoms with Crippen LogP contribution in [0.25, 0.3) is 0 Å². The highest BCUT2D eigenvalue weighted by molar-refractivity contribution is 7.99. The summed E-state index contributed by atoms with van der Waals surface area (Å²) in [5.74, 6) is 0. The zero-order valence-electron chi connectivity index (χ0n) is 8.25. The molecular weight excluding hydrogens is 226 g/mol. The fourth-order valence-electron chi connectivity index (χ4n) is 1.13. The molecule has 0 radical (unpaired) electrons. The first-order valence-electron chi connectivity index (χ1n) is 4.57. The smallest absolute Gasteiger partial charge is 0.251 e. The van der Waals surface area contributed by atoms with E-state index in [2.05, 4.69) is 15.0 Å². The Morgan fingerprint density at radius 1 is 1.31 bits per heavy atom. The molecule has 2 rings (SSSR count). The lowest BCUT2D eigenvalue weighted by molar-refractivity contribution is 0.278. The molecule has 0 spiro atoms. The van der Waals surface area contributed by atoms with Gasteiger partial charge in [0, 0.05) is 24.0 Å². The molecule has 2 N–H and O–H groups in total. The van der Waals surface area contributed by atoms with Gasteiger partial charge in [0.15, 0.2) is 5.16 Å². The zero-order chi connectivity index (χ0) is 11.4. The molecule has 0 bridgehead atoms. The first-order chi connectivity index (χ1) is 7.79. The molecule has 0 aliphatic heterocycles. The molecule has 0 aliphatic carbocycles. The number of nitrogens with zero attached hydrogens (tertiary/aromatic N) is 2. The van der Waals surface area contributed by atoms with Gasteiger partial charge in [0.1, 0.15) is 5.03 Å². The summed E-state index contributed by atoms with van der Waals surface area (Å²) in [5, 5.41) is 10.2. The molecule has 0 saturated carbocycles. The van der Waals surface area contributed by atoms with E-state index in [4.69, 9.17) is 5.11 Å². The number of nitrogens with one attached hydrogen (secondary N) is 1. The molecule has 0 unspecified atom stereocenters. The number of aromatic nitrogens is 3. The van der Waals surface area contributed by atoms with Crippen molar-refractivity contribution in [3.05, 3.63) is 46.5 Å². The molecule has 2 aromatic rings. The minimum absolute atomic E-state index is 0.0900. The SMILES string of the molecule is O=c1ccnc(Sc2ncccc2CO)[nH]1. The number of hydrogen-bond donors (Lipinski definition) is 2. The van der Waals surface area contributed by atoms with Crippen molar-refractivity contribution in [2.75, 3.05) is 0 Å². The van der Waals surface area contributed by atoms with Crippen molar-refractivity contribution in [3.63, 3.8) is 0 Å². The van der Waals surface area contributed by atoms with Gasteiger partial charge in [-0.05, 0) is 17.8 Å². The quantitative estimate of drug-likeness (QED) is 0.770. The number of aliphatic hydroxyl groups excluding tert-OH is 1. The Balaban J connectivity index is 2.30. The average molecular weight is 235 g/mol. The van der Waals surface area contributed by atoms with E-state index in [-0.39, 0.29) is 12.2 Å². The Kier molecular flexibility index (Phi) is 3.33. The maximum absolute atomic E-state index is 11.1. The Hall–Kier alpha value is -1.66.